The third kappa shape index (κ3) is 8.08. The molecule has 0 heterocycles. The Balaban J connectivity index is 0.000000253. The second-order valence-corrected chi connectivity index (χ2v) is 8.57. The van der Waals surface area contributed by atoms with Crippen molar-refractivity contribution in [3.63, 3.8) is 0 Å². The maximum absolute atomic E-state index is 6.00. The van der Waals surface area contributed by atoms with E-state index >= 15 is 0 Å². The molecule has 0 aromatic heterocycles. The van der Waals surface area contributed by atoms with E-state index in [1.807, 2.05) is 50.2 Å². The Morgan fingerprint density at radius 3 is 1.97 bits per heavy atom. The Kier molecular flexibility index (Phi) is 11.5. The first-order chi connectivity index (χ1) is 16.0. The molecule has 3 nitrogen and oxygen atoms in total. The SMILES string of the molecule is CC(C)OC1=C(c2ccccc2)[C-](OC(C)C)CC=C1.N[C-]1CC=CC=C1c1ccccc1.[Pd+2]. The molecule has 2 aromatic carbocycles. The van der Waals surface area contributed by atoms with Gasteiger partial charge in [-0.1, -0.05) is 48.6 Å². The third-order valence-electron chi connectivity index (χ3n) is 5.07. The molecular formula is C30H35NO2Pd. The number of rotatable bonds is 6. The van der Waals surface area contributed by atoms with Crippen molar-refractivity contribution in [3.05, 3.63) is 120 Å². The van der Waals surface area contributed by atoms with Gasteiger partial charge in [-0.15, -0.1) is 59.2 Å². The molecule has 0 amide bonds. The summed E-state index contributed by atoms with van der Waals surface area (Å²) in [6.45, 7) is 8.19. The minimum Gasteiger partial charge on any atom is -0.548 e. The molecule has 0 spiro atoms. The first-order valence-corrected chi connectivity index (χ1v) is 11.7. The van der Waals surface area contributed by atoms with Gasteiger partial charge < -0.3 is 15.2 Å². The van der Waals surface area contributed by atoms with E-state index in [9.17, 15) is 0 Å². The smallest absolute Gasteiger partial charge is 0.548 e. The number of hydrogen-bond acceptors (Lipinski definition) is 3. The van der Waals surface area contributed by atoms with Crippen molar-refractivity contribution in [3.8, 4) is 0 Å². The largest absolute Gasteiger partial charge is 2.00 e. The predicted molar refractivity (Wildman–Crippen MR) is 138 cm³/mol. The van der Waals surface area contributed by atoms with Crippen LogP contribution >= 0.6 is 0 Å². The zero-order chi connectivity index (χ0) is 23.6. The van der Waals surface area contributed by atoms with E-state index in [0.29, 0.717) is 0 Å². The molecule has 0 unspecified atom stereocenters. The minimum atomic E-state index is 0. The molecule has 2 aliphatic rings. The predicted octanol–water partition coefficient (Wildman–Crippen LogP) is 7.26. The summed E-state index contributed by atoms with van der Waals surface area (Å²) >= 11 is 0. The van der Waals surface area contributed by atoms with E-state index in [2.05, 4.69) is 68.5 Å². The molecule has 2 aliphatic carbocycles. The quantitative estimate of drug-likeness (QED) is 0.306. The maximum atomic E-state index is 6.00. The van der Waals surface area contributed by atoms with Gasteiger partial charge >= 0.3 is 20.4 Å². The van der Waals surface area contributed by atoms with Crippen LogP contribution in [-0.2, 0) is 29.9 Å². The average molecular weight is 548 g/mol. The van der Waals surface area contributed by atoms with Gasteiger partial charge in [0, 0.05) is 11.9 Å². The standard InChI is InChI=1S/C18H23O2.C12H12N.Pd/c1-13(2)19-16-11-8-12-17(20-14(3)4)18(16)15-9-6-5-7-10-15;13-12-9-5-4-8-11(12)10-6-2-1-3-7-10;/h5-11,13-14H,12H2,1-4H3;1-8H,9,13H2;/q2*-1;+2. The molecule has 0 saturated carbocycles. The molecule has 4 rings (SSSR count). The molecule has 2 N–H and O–H groups in total. The Morgan fingerprint density at radius 2 is 1.41 bits per heavy atom. The molecule has 0 saturated heterocycles. The second-order valence-electron chi connectivity index (χ2n) is 8.57. The van der Waals surface area contributed by atoms with Crippen molar-refractivity contribution in [2.45, 2.75) is 52.7 Å². The summed E-state index contributed by atoms with van der Waals surface area (Å²) in [6.07, 6.45) is 13.3. The van der Waals surface area contributed by atoms with Crippen LogP contribution in [0.15, 0.2) is 96.8 Å². The number of ether oxygens (including phenoxy) is 2. The van der Waals surface area contributed by atoms with E-state index in [4.69, 9.17) is 15.2 Å². The molecule has 34 heavy (non-hydrogen) atoms. The summed E-state index contributed by atoms with van der Waals surface area (Å²) in [5.41, 5.74) is 10.5. The number of benzene rings is 2. The first kappa shape index (κ1) is 27.8. The van der Waals surface area contributed by atoms with Crippen LogP contribution in [0.2, 0.25) is 0 Å². The fourth-order valence-electron chi connectivity index (χ4n) is 3.72. The van der Waals surface area contributed by atoms with Crippen LogP contribution in [0.4, 0.5) is 0 Å². The van der Waals surface area contributed by atoms with E-state index in [1.54, 1.807) is 0 Å². The Hall–Kier alpha value is -2.48. The average Bonchev–Trinajstić information content (AvgIpc) is 2.80. The van der Waals surface area contributed by atoms with Crippen LogP contribution in [0.25, 0.3) is 11.1 Å². The van der Waals surface area contributed by atoms with Gasteiger partial charge in [-0.3, -0.25) is 0 Å². The number of allylic oxidation sites excluding steroid dienone is 3. The third-order valence-corrected chi connectivity index (χ3v) is 5.07. The topological polar surface area (TPSA) is 44.5 Å². The zero-order valence-corrected chi connectivity index (χ0v) is 22.0. The van der Waals surface area contributed by atoms with Gasteiger partial charge in [0.2, 0.25) is 0 Å². The van der Waals surface area contributed by atoms with Crippen molar-refractivity contribution < 1.29 is 29.9 Å². The van der Waals surface area contributed by atoms with Crippen molar-refractivity contribution in [2.75, 3.05) is 0 Å². The van der Waals surface area contributed by atoms with Gasteiger partial charge in [0.1, 0.15) is 0 Å². The molecule has 0 aliphatic heterocycles. The van der Waals surface area contributed by atoms with Gasteiger partial charge in [-0.05, 0) is 46.6 Å². The van der Waals surface area contributed by atoms with Crippen LogP contribution in [0.5, 0.6) is 0 Å². The Labute approximate surface area is 219 Å². The first-order valence-electron chi connectivity index (χ1n) is 11.7. The van der Waals surface area contributed by atoms with E-state index < -0.39 is 0 Å². The Bertz CT molecular complexity index is 991. The summed E-state index contributed by atoms with van der Waals surface area (Å²) in [6, 6.07) is 21.5. The second kappa shape index (κ2) is 14.0. The monoisotopic (exact) mass is 547 g/mol. The van der Waals surface area contributed by atoms with Gasteiger partial charge in [-0.25, -0.2) is 0 Å². The van der Waals surface area contributed by atoms with Crippen molar-refractivity contribution >= 4 is 11.1 Å². The summed E-state index contributed by atoms with van der Waals surface area (Å²) in [5, 5.41) is 0. The maximum Gasteiger partial charge on any atom is 2.00 e. The summed E-state index contributed by atoms with van der Waals surface area (Å²) in [7, 11) is 0. The minimum absolute atomic E-state index is 0. The molecule has 182 valence electrons. The van der Waals surface area contributed by atoms with E-state index in [1.165, 1.54) is 5.56 Å². The summed E-state index contributed by atoms with van der Waals surface area (Å²) in [4.78, 5) is 0. The summed E-state index contributed by atoms with van der Waals surface area (Å²) < 4.78 is 12.0. The van der Waals surface area contributed by atoms with Crippen LogP contribution in [-0.4, -0.2) is 12.2 Å². The van der Waals surface area contributed by atoms with Gasteiger partial charge in [0.05, 0.1) is 6.10 Å². The molecular weight excluding hydrogens is 513 g/mol. The van der Waals surface area contributed by atoms with Crippen LogP contribution in [0, 0.1) is 12.1 Å². The van der Waals surface area contributed by atoms with Gasteiger partial charge in [0.15, 0.2) is 0 Å². The van der Waals surface area contributed by atoms with Gasteiger partial charge in [0.25, 0.3) is 0 Å². The van der Waals surface area contributed by atoms with Crippen LogP contribution in [0.1, 0.15) is 51.7 Å². The van der Waals surface area contributed by atoms with E-state index in [0.717, 1.165) is 47.5 Å². The zero-order valence-electron chi connectivity index (χ0n) is 20.4. The molecule has 0 atom stereocenters. The van der Waals surface area contributed by atoms with Crippen LogP contribution in [0.3, 0.4) is 0 Å². The summed E-state index contributed by atoms with van der Waals surface area (Å²) in [5.74, 6) is 0.896. The molecule has 2 aromatic rings. The molecule has 0 bridgehead atoms. The van der Waals surface area contributed by atoms with Crippen molar-refractivity contribution in [1.82, 2.24) is 0 Å². The van der Waals surface area contributed by atoms with E-state index in [-0.39, 0.29) is 32.6 Å². The van der Waals surface area contributed by atoms with Crippen LogP contribution < -0.4 is 5.73 Å². The normalized spacial score (nSPS) is 15.1. The molecule has 4 heteroatoms. The molecule has 0 fully saturated rings. The number of hydrogen-bond donors (Lipinski definition) is 1. The number of nitrogens with two attached hydrogens (primary N) is 1. The molecule has 0 radical (unpaired) electrons. The fraction of sp³-hybridized carbons (Fsp3) is 0.267. The van der Waals surface area contributed by atoms with Crippen molar-refractivity contribution in [2.24, 2.45) is 5.73 Å². The Morgan fingerprint density at radius 1 is 0.794 bits per heavy atom. The fourth-order valence-corrected chi connectivity index (χ4v) is 3.72. The van der Waals surface area contributed by atoms with Crippen molar-refractivity contribution in [1.29, 1.82) is 0 Å². The van der Waals surface area contributed by atoms with Gasteiger partial charge in [-0.2, -0.15) is 11.6 Å².